The lowest BCUT2D eigenvalue weighted by molar-refractivity contribution is -0.136. The number of thiazole rings is 1. The van der Waals surface area contributed by atoms with Gasteiger partial charge in [0.2, 0.25) is 12.3 Å². The zero-order valence-electron chi connectivity index (χ0n) is 27.5. The van der Waals surface area contributed by atoms with E-state index in [0.29, 0.717) is 24.5 Å². The Balaban J connectivity index is 0.000000240. The molecule has 4 N–H and O–H groups in total. The van der Waals surface area contributed by atoms with E-state index in [1.54, 1.807) is 23.5 Å². The Kier molecular flexibility index (Phi) is 11.6. The summed E-state index contributed by atoms with van der Waals surface area (Å²) < 4.78 is 11.2. The van der Waals surface area contributed by atoms with Crippen molar-refractivity contribution >= 4 is 40.5 Å². The number of hydrogen-bond donors (Lipinski definition) is 3. The Labute approximate surface area is 274 Å². The Hall–Kier alpha value is -4.22. The van der Waals surface area contributed by atoms with Gasteiger partial charge in [0, 0.05) is 30.6 Å². The van der Waals surface area contributed by atoms with E-state index in [9.17, 15) is 14.4 Å². The number of aryl methyl sites for hydroxylation is 1. The second kappa shape index (κ2) is 15.4. The molecule has 246 valence electrons. The molecule has 0 saturated carbocycles. The number of amides is 3. The van der Waals surface area contributed by atoms with Gasteiger partial charge in [-0.15, -0.1) is 11.3 Å². The molecule has 1 fully saturated rings. The van der Waals surface area contributed by atoms with Gasteiger partial charge in [-0.05, 0) is 68.4 Å². The number of carbonyl (C=O) groups is 3. The lowest BCUT2D eigenvalue weighted by atomic mass is 9.85. The first-order chi connectivity index (χ1) is 21.9. The lowest BCUT2D eigenvalue weighted by Crippen LogP contribution is -2.55. The van der Waals surface area contributed by atoms with Crippen LogP contribution in [-0.4, -0.2) is 59.9 Å². The predicted molar refractivity (Wildman–Crippen MR) is 182 cm³/mol. The zero-order valence-corrected chi connectivity index (χ0v) is 28.3. The maximum atomic E-state index is 13.1. The number of nitrogens with two attached hydrogens (primary N) is 1. The van der Waals surface area contributed by atoms with Crippen molar-refractivity contribution in [3.8, 4) is 16.2 Å². The number of aromatic nitrogens is 1. The molecule has 3 atom stereocenters. The van der Waals surface area contributed by atoms with Crippen LogP contribution in [0.2, 0.25) is 0 Å². The Morgan fingerprint density at radius 2 is 1.93 bits per heavy atom. The maximum Gasteiger partial charge on any atom is 0.287 e. The second-order valence-corrected chi connectivity index (χ2v) is 13.5. The fourth-order valence-corrected chi connectivity index (χ4v) is 6.18. The van der Waals surface area contributed by atoms with E-state index in [-0.39, 0.29) is 23.8 Å². The van der Waals surface area contributed by atoms with E-state index in [1.807, 2.05) is 69.3 Å². The minimum Gasteiger partial charge on any atom is -0.492 e. The summed E-state index contributed by atoms with van der Waals surface area (Å²) in [5.41, 5.74) is 10.8. The van der Waals surface area contributed by atoms with Gasteiger partial charge in [0.05, 0.1) is 22.1 Å². The summed E-state index contributed by atoms with van der Waals surface area (Å²) in [4.78, 5) is 43.7. The summed E-state index contributed by atoms with van der Waals surface area (Å²) >= 11 is 1.64. The van der Waals surface area contributed by atoms with Crippen LogP contribution >= 0.6 is 11.3 Å². The lowest BCUT2D eigenvalue weighted by Gasteiger charge is -2.34. The molecule has 1 aliphatic rings. The van der Waals surface area contributed by atoms with Crippen molar-refractivity contribution in [2.24, 2.45) is 11.1 Å². The summed E-state index contributed by atoms with van der Waals surface area (Å²) in [7, 11) is 0. The summed E-state index contributed by atoms with van der Waals surface area (Å²) in [5, 5.41) is 6.44. The van der Waals surface area contributed by atoms with Crippen LogP contribution in [0.15, 0.2) is 58.5 Å². The van der Waals surface area contributed by atoms with Crippen LogP contribution in [0.4, 0.5) is 0 Å². The number of likely N-dealkylation sites (tertiary alicyclic amines) is 1. The quantitative estimate of drug-likeness (QED) is 0.184. The van der Waals surface area contributed by atoms with E-state index in [2.05, 4.69) is 34.7 Å². The summed E-state index contributed by atoms with van der Waals surface area (Å²) in [6, 6.07) is 14.9. The molecule has 0 radical (unpaired) electrons. The van der Waals surface area contributed by atoms with Crippen molar-refractivity contribution in [1.29, 1.82) is 0 Å². The number of nitrogens with zero attached hydrogens (tertiary/aromatic N) is 2. The second-order valence-electron chi connectivity index (χ2n) is 12.6. The van der Waals surface area contributed by atoms with E-state index < -0.39 is 17.4 Å². The van der Waals surface area contributed by atoms with Crippen LogP contribution in [0, 0.1) is 12.3 Å². The molecule has 5 rings (SSSR count). The van der Waals surface area contributed by atoms with Crippen LogP contribution in [0.3, 0.4) is 0 Å². The molecule has 3 amide bonds. The Bertz CT molecular complexity index is 1620. The third-order valence-electron chi connectivity index (χ3n) is 8.06. The van der Waals surface area contributed by atoms with Crippen molar-refractivity contribution in [1.82, 2.24) is 20.5 Å². The molecular weight excluding hydrogens is 602 g/mol. The molecule has 2 aromatic heterocycles. The van der Waals surface area contributed by atoms with Gasteiger partial charge in [0.15, 0.2) is 5.76 Å². The molecule has 2 aromatic carbocycles. The van der Waals surface area contributed by atoms with E-state index in [1.165, 1.54) is 10.4 Å². The zero-order chi connectivity index (χ0) is 33.4. The van der Waals surface area contributed by atoms with Gasteiger partial charge in [-0.3, -0.25) is 14.4 Å². The summed E-state index contributed by atoms with van der Waals surface area (Å²) in [6.45, 7) is 13.4. The highest BCUT2D eigenvalue weighted by molar-refractivity contribution is 7.13. The number of furan rings is 1. The van der Waals surface area contributed by atoms with Gasteiger partial charge in [-0.1, -0.05) is 45.0 Å². The average Bonchev–Trinajstić information content (AvgIpc) is 3.77. The van der Waals surface area contributed by atoms with Crippen molar-refractivity contribution in [3.05, 3.63) is 71.1 Å². The molecular formula is C35H45N5O5S. The SMILES string of the molecule is CC1CCCN1C(=O)C(NC(=O)c1cc2ccc(OCCN)cc2o1)C(C)(C)C.Cc1ncsc1-c1ccc(C(C)NC=O)cc1. The molecule has 3 unspecified atom stereocenters. The van der Waals surface area contributed by atoms with Gasteiger partial charge in [0.1, 0.15) is 24.0 Å². The highest BCUT2D eigenvalue weighted by Gasteiger charge is 2.39. The minimum absolute atomic E-state index is 0.0376. The molecule has 3 heterocycles. The predicted octanol–water partition coefficient (Wildman–Crippen LogP) is 5.85. The van der Waals surface area contributed by atoms with E-state index >= 15 is 0 Å². The fourth-order valence-electron chi connectivity index (χ4n) is 5.37. The molecule has 11 heteroatoms. The first kappa shape index (κ1) is 34.6. The minimum atomic E-state index is -0.632. The topological polar surface area (TPSA) is 140 Å². The number of fused-ring (bicyclic) bond motifs is 1. The third-order valence-corrected chi connectivity index (χ3v) is 9.04. The maximum absolute atomic E-state index is 13.1. The van der Waals surface area contributed by atoms with Gasteiger partial charge >= 0.3 is 0 Å². The van der Waals surface area contributed by atoms with Crippen LogP contribution < -0.4 is 21.1 Å². The first-order valence-electron chi connectivity index (χ1n) is 15.6. The van der Waals surface area contributed by atoms with Gasteiger partial charge in [-0.2, -0.15) is 0 Å². The van der Waals surface area contributed by atoms with Crippen LogP contribution in [-0.2, 0) is 9.59 Å². The normalized spacial score (nSPS) is 15.9. The molecule has 4 aromatic rings. The number of rotatable bonds is 10. The largest absolute Gasteiger partial charge is 0.492 e. The monoisotopic (exact) mass is 647 g/mol. The van der Waals surface area contributed by atoms with Crippen molar-refractivity contribution in [2.75, 3.05) is 19.7 Å². The molecule has 0 spiro atoms. The summed E-state index contributed by atoms with van der Waals surface area (Å²) in [6.07, 6.45) is 2.72. The number of ether oxygens (including phenoxy) is 1. The Morgan fingerprint density at radius 1 is 1.20 bits per heavy atom. The van der Waals surface area contributed by atoms with Crippen LogP contribution in [0.25, 0.3) is 21.4 Å². The molecule has 10 nitrogen and oxygen atoms in total. The molecule has 1 aliphatic heterocycles. The molecule has 1 saturated heterocycles. The van der Waals surface area contributed by atoms with Gasteiger partial charge in [0.25, 0.3) is 5.91 Å². The van der Waals surface area contributed by atoms with Crippen LogP contribution in [0.1, 0.15) is 75.3 Å². The first-order valence-corrected chi connectivity index (χ1v) is 16.5. The number of hydrogen-bond acceptors (Lipinski definition) is 8. The number of carbonyl (C=O) groups excluding carboxylic acids is 3. The Morgan fingerprint density at radius 3 is 2.52 bits per heavy atom. The third kappa shape index (κ3) is 8.52. The highest BCUT2D eigenvalue weighted by Crippen LogP contribution is 2.29. The summed E-state index contributed by atoms with van der Waals surface area (Å²) in [5.74, 6) is 0.373. The van der Waals surface area contributed by atoms with Crippen molar-refractivity contribution < 1.29 is 23.5 Å². The van der Waals surface area contributed by atoms with Crippen molar-refractivity contribution in [2.45, 2.75) is 72.5 Å². The standard InChI is InChI=1S/C22H31N3O4.C13H14N2OS/c1-14-6-5-10-25(14)21(27)19(22(2,3)4)24-20(26)18-12-15-7-8-16(28-11-9-23)13-17(15)29-18;1-9(14-7-16)11-3-5-12(6-4-11)13-10(2)15-8-17-13/h7-8,12-14,19H,5-6,9-11,23H2,1-4H3,(H,24,26);3-9H,1-2H3,(H,14,16). The number of benzene rings is 2. The smallest absolute Gasteiger partial charge is 0.287 e. The van der Waals surface area contributed by atoms with Gasteiger partial charge < -0.3 is 30.4 Å². The average molecular weight is 648 g/mol. The van der Waals surface area contributed by atoms with Crippen molar-refractivity contribution in [3.63, 3.8) is 0 Å². The fraction of sp³-hybridized carbons (Fsp3) is 0.429. The molecule has 46 heavy (non-hydrogen) atoms. The van der Waals surface area contributed by atoms with E-state index in [4.69, 9.17) is 14.9 Å². The molecule has 0 aliphatic carbocycles. The van der Waals surface area contributed by atoms with Gasteiger partial charge in [-0.25, -0.2) is 4.98 Å². The number of nitrogens with one attached hydrogen (secondary N) is 2. The molecule has 0 bridgehead atoms. The highest BCUT2D eigenvalue weighted by atomic mass is 32.1. The van der Waals surface area contributed by atoms with Crippen LogP contribution in [0.5, 0.6) is 5.75 Å². The van der Waals surface area contributed by atoms with E-state index in [0.717, 1.165) is 42.4 Å².